The average molecular weight is 435 g/mol. The Kier molecular flexibility index (Phi) is 4.89. The molecule has 2 heterocycles. The van der Waals surface area contributed by atoms with Gasteiger partial charge in [0.25, 0.3) is 0 Å². The number of aromatic nitrogens is 4. The van der Waals surface area contributed by atoms with E-state index in [2.05, 4.69) is 15.1 Å². The number of nitrogens with one attached hydrogen (secondary N) is 1. The molecule has 3 rings (SSSR count). The molecule has 27 heavy (non-hydrogen) atoms. The van der Waals surface area contributed by atoms with Crippen LogP contribution in [0.1, 0.15) is 22.6 Å². The predicted octanol–water partition coefficient (Wildman–Crippen LogP) is 5.73. The number of benzene rings is 1. The number of hydrogen-bond acceptors (Lipinski definition) is 3. The number of nitriles is 1. The summed E-state index contributed by atoms with van der Waals surface area (Å²) in [6, 6.07) is 3.47. The van der Waals surface area contributed by atoms with Crippen LogP contribution in [0.4, 0.5) is 13.2 Å². The summed E-state index contributed by atoms with van der Waals surface area (Å²) >= 11 is 18.5. The van der Waals surface area contributed by atoms with E-state index in [0.717, 1.165) is 16.8 Å². The maximum Gasteiger partial charge on any atom is 0.416 e. The van der Waals surface area contributed by atoms with E-state index >= 15 is 0 Å². The number of rotatable bonds is 2. The van der Waals surface area contributed by atoms with Gasteiger partial charge in [-0.3, -0.25) is 0 Å². The monoisotopic (exact) mass is 433 g/mol. The normalized spacial score (nSPS) is 11.7. The summed E-state index contributed by atoms with van der Waals surface area (Å²) in [5.41, 5.74) is 0.565. The van der Waals surface area contributed by atoms with Gasteiger partial charge in [0.05, 0.1) is 32.6 Å². The molecule has 1 aromatic carbocycles. The summed E-state index contributed by atoms with van der Waals surface area (Å²) in [5, 5.41) is 12.8. The lowest BCUT2D eigenvalue weighted by Crippen LogP contribution is -2.07. The van der Waals surface area contributed by atoms with Crippen LogP contribution in [-0.4, -0.2) is 19.7 Å². The first kappa shape index (κ1) is 19.5. The first-order chi connectivity index (χ1) is 12.5. The van der Waals surface area contributed by atoms with E-state index in [4.69, 9.17) is 40.1 Å². The summed E-state index contributed by atoms with van der Waals surface area (Å²) in [5.74, 6) is 0.303. The molecule has 0 saturated heterocycles. The smallest absolute Gasteiger partial charge is 0.329 e. The van der Waals surface area contributed by atoms with Crippen LogP contribution in [0.25, 0.3) is 17.1 Å². The molecule has 0 saturated carbocycles. The number of halogens is 6. The molecule has 0 aliphatic carbocycles. The molecule has 0 spiro atoms. The topological polar surface area (TPSA) is 70.3 Å². The van der Waals surface area contributed by atoms with Crippen molar-refractivity contribution in [3.8, 4) is 23.1 Å². The zero-order valence-corrected chi connectivity index (χ0v) is 16.0. The minimum absolute atomic E-state index is 0.00877. The standard InChI is InChI=1S/C16H9Cl3F3N5/c1-6-11(5-23)25-15(24-6)12-7(2)26-27(14(12)19)13-9(17)3-8(4-10(13)18)16(20,21)22/h3-4H,1-2H3,(H,24,25). The number of H-pyrrole nitrogens is 1. The molecule has 5 nitrogen and oxygen atoms in total. The molecule has 0 amide bonds. The molecule has 0 radical (unpaired) electrons. The highest BCUT2D eigenvalue weighted by molar-refractivity contribution is 6.38. The van der Waals surface area contributed by atoms with Crippen molar-refractivity contribution in [1.29, 1.82) is 5.26 Å². The zero-order chi connectivity index (χ0) is 20.1. The van der Waals surface area contributed by atoms with Gasteiger partial charge < -0.3 is 4.98 Å². The predicted molar refractivity (Wildman–Crippen MR) is 95.4 cm³/mol. The fraction of sp³-hybridized carbons (Fsp3) is 0.188. The third-order valence-electron chi connectivity index (χ3n) is 3.79. The van der Waals surface area contributed by atoms with Crippen molar-refractivity contribution in [3.05, 3.63) is 50.0 Å². The second-order valence-corrected chi connectivity index (χ2v) is 6.78. The number of aromatic amines is 1. The van der Waals surface area contributed by atoms with Crippen LogP contribution in [0.15, 0.2) is 12.1 Å². The van der Waals surface area contributed by atoms with E-state index in [9.17, 15) is 13.2 Å². The summed E-state index contributed by atoms with van der Waals surface area (Å²) in [4.78, 5) is 7.07. The first-order valence-electron chi connectivity index (χ1n) is 7.33. The summed E-state index contributed by atoms with van der Waals surface area (Å²) < 4.78 is 39.9. The number of hydrogen-bond donors (Lipinski definition) is 1. The molecule has 0 aliphatic rings. The number of imidazole rings is 1. The lowest BCUT2D eigenvalue weighted by Gasteiger charge is -2.13. The van der Waals surface area contributed by atoms with Gasteiger partial charge in [-0.05, 0) is 26.0 Å². The van der Waals surface area contributed by atoms with Gasteiger partial charge in [-0.1, -0.05) is 34.8 Å². The highest BCUT2D eigenvalue weighted by Gasteiger charge is 2.33. The lowest BCUT2D eigenvalue weighted by molar-refractivity contribution is -0.137. The molecule has 11 heteroatoms. The van der Waals surface area contributed by atoms with E-state index < -0.39 is 11.7 Å². The molecular formula is C16H9Cl3F3N5. The highest BCUT2D eigenvalue weighted by Crippen LogP contribution is 2.40. The summed E-state index contributed by atoms with van der Waals surface area (Å²) in [6.07, 6.45) is -4.60. The van der Waals surface area contributed by atoms with Gasteiger partial charge in [-0.2, -0.15) is 23.5 Å². The van der Waals surface area contributed by atoms with E-state index in [-0.39, 0.29) is 26.6 Å². The van der Waals surface area contributed by atoms with Crippen molar-refractivity contribution >= 4 is 34.8 Å². The third kappa shape index (κ3) is 3.38. The van der Waals surface area contributed by atoms with E-state index in [0.29, 0.717) is 22.8 Å². The molecule has 1 N–H and O–H groups in total. The second kappa shape index (κ2) is 6.75. The van der Waals surface area contributed by atoms with Crippen molar-refractivity contribution in [2.24, 2.45) is 0 Å². The van der Waals surface area contributed by atoms with Gasteiger partial charge in [0.1, 0.15) is 28.4 Å². The van der Waals surface area contributed by atoms with Crippen molar-refractivity contribution in [3.63, 3.8) is 0 Å². The summed E-state index contributed by atoms with van der Waals surface area (Å²) in [6.45, 7) is 3.28. The molecule has 0 atom stereocenters. The quantitative estimate of drug-likeness (QED) is 0.560. The maximum atomic E-state index is 12.9. The van der Waals surface area contributed by atoms with E-state index in [1.54, 1.807) is 13.8 Å². The van der Waals surface area contributed by atoms with Crippen LogP contribution < -0.4 is 0 Å². The Bertz CT molecular complexity index is 1070. The minimum Gasteiger partial charge on any atom is -0.329 e. The number of alkyl halides is 3. The van der Waals surface area contributed by atoms with Gasteiger partial charge in [0.2, 0.25) is 0 Å². The largest absolute Gasteiger partial charge is 0.416 e. The zero-order valence-electron chi connectivity index (χ0n) is 13.7. The Labute approximate surface area is 166 Å². The molecule has 3 aromatic rings. The van der Waals surface area contributed by atoms with Crippen molar-refractivity contribution in [2.75, 3.05) is 0 Å². The SMILES string of the molecule is Cc1nc(-c2c(C)nn(-c3c(Cl)cc(C(F)(F)F)cc3Cl)c2Cl)[nH]c1C#N. The van der Waals surface area contributed by atoms with Crippen LogP contribution in [-0.2, 0) is 6.18 Å². The van der Waals surface area contributed by atoms with Crippen LogP contribution in [0.3, 0.4) is 0 Å². The first-order valence-corrected chi connectivity index (χ1v) is 8.46. The highest BCUT2D eigenvalue weighted by atomic mass is 35.5. The van der Waals surface area contributed by atoms with Crippen molar-refractivity contribution < 1.29 is 13.2 Å². The van der Waals surface area contributed by atoms with Gasteiger partial charge in [0, 0.05) is 0 Å². The Hall–Kier alpha value is -2.21. The lowest BCUT2D eigenvalue weighted by atomic mass is 10.2. The molecule has 0 bridgehead atoms. The second-order valence-electron chi connectivity index (χ2n) is 5.61. The number of aryl methyl sites for hydroxylation is 2. The molecular weight excluding hydrogens is 426 g/mol. The molecule has 0 unspecified atom stereocenters. The minimum atomic E-state index is -4.60. The van der Waals surface area contributed by atoms with Crippen molar-refractivity contribution in [2.45, 2.75) is 20.0 Å². The third-order valence-corrected chi connectivity index (χ3v) is 4.72. The Balaban J connectivity index is 2.19. The van der Waals surface area contributed by atoms with Crippen LogP contribution >= 0.6 is 34.8 Å². The molecule has 0 aliphatic heterocycles. The molecule has 0 fully saturated rings. The van der Waals surface area contributed by atoms with Crippen LogP contribution in [0.5, 0.6) is 0 Å². The van der Waals surface area contributed by atoms with Crippen molar-refractivity contribution in [1.82, 2.24) is 19.7 Å². The average Bonchev–Trinajstić information content (AvgIpc) is 3.05. The fourth-order valence-electron chi connectivity index (χ4n) is 2.54. The van der Waals surface area contributed by atoms with Gasteiger partial charge >= 0.3 is 6.18 Å². The Morgan fingerprint density at radius 2 is 1.70 bits per heavy atom. The number of nitrogens with zero attached hydrogens (tertiary/aromatic N) is 4. The Morgan fingerprint density at radius 3 is 2.19 bits per heavy atom. The molecule has 140 valence electrons. The van der Waals surface area contributed by atoms with Gasteiger partial charge in [-0.25, -0.2) is 9.67 Å². The van der Waals surface area contributed by atoms with E-state index in [1.165, 1.54) is 0 Å². The van der Waals surface area contributed by atoms with Gasteiger partial charge in [-0.15, -0.1) is 0 Å². The van der Waals surface area contributed by atoms with Gasteiger partial charge in [0.15, 0.2) is 0 Å². The maximum absolute atomic E-state index is 12.9. The molecule has 2 aromatic heterocycles. The summed E-state index contributed by atoms with van der Waals surface area (Å²) in [7, 11) is 0. The Morgan fingerprint density at radius 1 is 1.11 bits per heavy atom. The van der Waals surface area contributed by atoms with Crippen LogP contribution in [0.2, 0.25) is 15.2 Å². The fourth-order valence-corrected chi connectivity index (χ4v) is 3.53. The van der Waals surface area contributed by atoms with Crippen LogP contribution in [0, 0.1) is 25.2 Å². The van der Waals surface area contributed by atoms with E-state index in [1.807, 2.05) is 6.07 Å².